The average Bonchev–Trinajstić information content (AvgIpc) is 3.03. The zero-order chi connectivity index (χ0) is 17.9. The maximum atomic E-state index is 12.1. The molecule has 7 nitrogen and oxygen atoms in total. The smallest absolute Gasteiger partial charge is 0.410 e. The summed E-state index contributed by atoms with van der Waals surface area (Å²) in [4.78, 5) is 15.3. The molecule has 1 saturated heterocycles. The van der Waals surface area contributed by atoms with Crippen molar-refractivity contribution >= 4 is 12.3 Å². The summed E-state index contributed by atoms with van der Waals surface area (Å²) in [7, 11) is 0. The van der Waals surface area contributed by atoms with Gasteiger partial charge in [0.2, 0.25) is 5.82 Å². The minimum absolute atomic E-state index is 0.253. The molecule has 2 aromatic rings. The molecule has 1 aliphatic heterocycles. The Balaban J connectivity index is 1.60. The van der Waals surface area contributed by atoms with Gasteiger partial charge in [-0.25, -0.2) is 4.79 Å². The molecule has 2 heterocycles. The van der Waals surface area contributed by atoms with Crippen LogP contribution in [0.5, 0.6) is 0 Å². The fourth-order valence-electron chi connectivity index (χ4n) is 2.58. The minimum Gasteiger partial charge on any atom is -0.444 e. The first-order chi connectivity index (χ1) is 11.9. The number of nitrogens with zero attached hydrogens (tertiary/aromatic N) is 5. The van der Waals surface area contributed by atoms with Gasteiger partial charge in [-0.3, -0.25) is 0 Å². The molecule has 132 valence electrons. The van der Waals surface area contributed by atoms with E-state index in [4.69, 9.17) is 4.74 Å². The fourth-order valence-corrected chi connectivity index (χ4v) is 2.58. The molecule has 1 fully saturated rings. The number of rotatable bonds is 2. The van der Waals surface area contributed by atoms with E-state index in [0.717, 1.165) is 18.4 Å². The second-order valence-electron chi connectivity index (χ2n) is 7.05. The number of amides is 1. The Labute approximate surface area is 147 Å². The molecule has 0 aliphatic carbocycles. The molecule has 1 aromatic heterocycles. The van der Waals surface area contributed by atoms with Crippen molar-refractivity contribution in [2.75, 3.05) is 13.1 Å². The lowest BCUT2D eigenvalue weighted by molar-refractivity contribution is 0.0236. The molecule has 0 saturated carbocycles. The summed E-state index contributed by atoms with van der Waals surface area (Å²) in [6, 6.07) is 9.75. The lowest BCUT2D eigenvalue weighted by atomic mass is 10.1. The summed E-state index contributed by atoms with van der Waals surface area (Å²) in [5, 5.41) is 12.6. The molecule has 0 N–H and O–H groups in total. The van der Waals surface area contributed by atoms with Crippen LogP contribution in [0.1, 0.15) is 33.6 Å². The second-order valence-corrected chi connectivity index (χ2v) is 7.05. The zero-order valence-electron chi connectivity index (χ0n) is 14.8. The maximum absolute atomic E-state index is 12.1. The van der Waals surface area contributed by atoms with E-state index in [1.165, 1.54) is 10.4 Å². The Bertz CT molecular complexity index is 751. The molecular weight excluding hydrogens is 318 g/mol. The number of carbonyl (C=O) groups excluding carboxylic acids is 1. The molecule has 0 radical (unpaired) electrons. The highest BCUT2D eigenvalue weighted by Gasteiger charge is 2.24. The van der Waals surface area contributed by atoms with Crippen LogP contribution in [0.2, 0.25) is 0 Å². The predicted molar refractivity (Wildman–Crippen MR) is 94.6 cm³/mol. The van der Waals surface area contributed by atoms with Gasteiger partial charge in [0.15, 0.2) is 0 Å². The van der Waals surface area contributed by atoms with E-state index in [1.807, 2.05) is 57.3 Å². The van der Waals surface area contributed by atoms with Gasteiger partial charge in [-0.05, 0) is 44.4 Å². The van der Waals surface area contributed by atoms with Crippen molar-refractivity contribution in [1.29, 1.82) is 0 Å². The number of hydrogen-bond donors (Lipinski definition) is 0. The number of likely N-dealkylation sites (tertiary alicyclic amines) is 1. The van der Waals surface area contributed by atoms with Crippen LogP contribution in [0.25, 0.3) is 17.6 Å². The highest BCUT2D eigenvalue weighted by atomic mass is 16.6. The third kappa shape index (κ3) is 4.65. The zero-order valence-corrected chi connectivity index (χ0v) is 14.8. The lowest BCUT2D eigenvalue weighted by Crippen LogP contribution is -2.40. The monoisotopic (exact) mass is 341 g/mol. The molecule has 1 amide bonds. The van der Waals surface area contributed by atoms with Crippen LogP contribution in [-0.4, -0.2) is 49.9 Å². The fraction of sp³-hybridized carbons (Fsp3) is 0.444. The van der Waals surface area contributed by atoms with Gasteiger partial charge in [-0.2, -0.15) is 0 Å². The topological polar surface area (TPSA) is 73.1 Å². The van der Waals surface area contributed by atoms with E-state index in [9.17, 15) is 4.79 Å². The standard InChI is InChI=1S/C18H23N5O2/c1-18(2,3)25-17(24)22-11-9-14(10-12-22)13-23-20-16(19-21-23)15-7-5-4-6-8-15/h4-8,13H,9-12H2,1-3H3. The number of hydrogen-bond acceptors (Lipinski definition) is 5. The molecule has 1 aromatic carbocycles. The van der Waals surface area contributed by atoms with E-state index >= 15 is 0 Å². The molecule has 0 spiro atoms. The van der Waals surface area contributed by atoms with Gasteiger partial charge in [0, 0.05) is 18.7 Å². The third-order valence-electron chi connectivity index (χ3n) is 3.82. The summed E-state index contributed by atoms with van der Waals surface area (Å²) in [5.41, 5.74) is 1.66. The molecule has 0 atom stereocenters. The minimum atomic E-state index is -0.467. The van der Waals surface area contributed by atoms with Crippen LogP contribution in [-0.2, 0) is 4.74 Å². The number of aromatic nitrogens is 4. The molecule has 0 unspecified atom stereocenters. The largest absolute Gasteiger partial charge is 0.444 e. The van der Waals surface area contributed by atoms with E-state index in [-0.39, 0.29) is 6.09 Å². The van der Waals surface area contributed by atoms with Gasteiger partial charge in [0.05, 0.1) is 6.20 Å². The average molecular weight is 341 g/mol. The molecule has 1 aliphatic rings. The predicted octanol–water partition coefficient (Wildman–Crippen LogP) is 3.21. The van der Waals surface area contributed by atoms with Gasteiger partial charge in [-0.1, -0.05) is 30.3 Å². The highest BCUT2D eigenvalue weighted by Crippen LogP contribution is 2.20. The quantitative estimate of drug-likeness (QED) is 0.838. The van der Waals surface area contributed by atoms with Crippen molar-refractivity contribution in [3.63, 3.8) is 0 Å². The number of carbonyl (C=O) groups is 1. The number of tetrazole rings is 1. The third-order valence-corrected chi connectivity index (χ3v) is 3.82. The van der Waals surface area contributed by atoms with Crippen molar-refractivity contribution in [2.45, 2.75) is 39.2 Å². The van der Waals surface area contributed by atoms with Crippen molar-refractivity contribution in [3.05, 3.63) is 35.9 Å². The first-order valence-electron chi connectivity index (χ1n) is 8.43. The summed E-state index contributed by atoms with van der Waals surface area (Å²) in [6.45, 7) is 6.91. The van der Waals surface area contributed by atoms with Gasteiger partial charge in [0.25, 0.3) is 0 Å². The second kappa shape index (κ2) is 7.04. The maximum Gasteiger partial charge on any atom is 0.410 e. The molecule has 25 heavy (non-hydrogen) atoms. The van der Waals surface area contributed by atoms with Gasteiger partial charge in [-0.15, -0.1) is 15.0 Å². The molecular formula is C18H23N5O2. The Morgan fingerprint density at radius 3 is 2.48 bits per heavy atom. The number of piperidine rings is 1. The Kier molecular flexibility index (Phi) is 4.83. The van der Waals surface area contributed by atoms with E-state index in [2.05, 4.69) is 15.4 Å². The molecule has 0 bridgehead atoms. The summed E-state index contributed by atoms with van der Waals surface area (Å²) in [6.07, 6.45) is 3.20. The molecule has 3 rings (SSSR count). The first-order valence-corrected chi connectivity index (χ1v) is 8.43. The van der Waals surface area contributed by atoms with Gasteiger partial charge >= 0.3 is 6.09 Å². The van der Waals surface area contributed by atoms with Crippen LogP contribution >= 0.6 is 0 Å². The summed E-state index contributed by atoms with van der Waals surface area (Å²) >= 11 is 0. The summed E-state index contributed by atoms with van der Waals surface area (Å²) in [5.74, 6) is 0.601. The van der Waals surface area contributed by atoms with E-state index in [1.54, 1.807) is 4.90 Å². The van der Waals surface area contributed by atoms with Crippen molar-refractivity contribution in [2.24, 2.45) is 0 Å². The van der Waals surface area contributed by atoms with E-state index < -0.39 is 5.60 Å². The van der Waals surface area contributed by atoms with Crippen LogP contribution in [0.15, 0.2) is 35.9 Å². The lowest BCUT2D eigenvalue weighted by Gasteiger charge is -2.30. The summed E-state index contributed by atoms with van der Waals surface area (Å²) < 4.78 is 5.41. The number of ether oxygens (including phenoxy) is 1. The van der Waals surface area contributed by atoms with Crippen LogP contribution in [0, 0.1) is 0 Å². The highest BCUT2D eigenvalue weighted by molar-refractivity contribution is 5.68. The Morgan fingerprint density at radius 1 is 1.16 bits per heavy atom. The van der Waals surface area contributed by atoms with Crippen molar-refractivity contribution in [3.8, 4) is 11.4 Å². The van der Waals surface area contributed by atoms with Crippen LogP contribution in [0.4, 0.5) is 4.79 Å². The van der Waals surface area contributed by atoms with Crippen molar-refractivity contribution < 1.29 is 9.53 Å². The first kappa shape index (κ1) is 17.1. The Hall–Kier alpha value is -2.70. The van der Waals surface area contributed by atoms with Gasteiger partial charge < -0.3 is 9.64 Å². The number of benzene rings is 1. The van der Waals surface area contributed by atoms with E-state index in [0.29, 0.717) is 18.9 Å². The van der Waals surface area contributed by atoms with Crippen molar-refractivity contribution in [1.82, 2.24) is 25.1 Å². The normalized spacial score (nSPS) is 15.2. The van der Waals surface area contributed by atoms with Crippen LogP contribution < -0.4 is 0 Å². The van der Waals surface area contributed by atoms with Gasteiger partial charge in [0.1, 0.15) is 5.60 Å². The SMILES string of the molecule is CC(C)(C)OC(=O)N1CCC(=Cn2nnc(-c3ccccc3)n2)CC1. The molecule has 7 heteroatoms. The van der Waals surface area contributed by atoms with Crippen LogP contribution in [0.3, 0.4) is 0 Å². The Morgan fingerprint density at radius 2 is 1.84 bits per heavy atom.